The Labute approximate surface area is 164 Å². The van der Waals surface area contributed by atoms with Crippen LogP contribution in [0.4, 0.5) is 15.8 Å². The first-order valence-electron chi connectivity index (χ1n) is 8.62. The van der Waals surface area contributed by atoms with Gasteiger partial charge in [0.05, 0.1) is 11.0 Å². The van der Waals surface area contributed by atoms with Crippen LogP contribution in [0.2, 0.25) is 0 Å². The number of esters is 1. The number of nitrogens with one attached hydrogen (secondary N) is 1. The SMILES string of the molecule is Cc1ccc(NC(=O)[C@H](C)OC(=O)c2cc3c(cc2[N+](=O)[O-])OCCO3)cc1F. The van der Waals surface area contributed by atoms with Gasteiger partial charge in [-0.1, -0.05) is 6.07 Å². The second kappa shape index (κ2) is 8.13. The van der Waals surface area contributed by atoms with Crippen molar-refractivity contribution in [3.8, 4) is 11.5 Å². The maximum Gasteiger partial charge on any atom is 0.346 e. The second-order valence-electron chi connectivity index (χ2n) is 6.27. The topological polar surface area (TPSA) is 117 Å². The Morgan fingerprint density at radius 1 is 1.21 bits per heavy atom. The van der Waals surface area contributed by atoms with E-state index in [1.807, 2.05) is 0 Å². The number of hydrogen-bond donors (Lipinski definition) is 1. The van der Waals surface area contributed by atoms with Gasteiger partial charge in [0.15, 0.2) is 17.6 Å². The zero-order valence-corrected chi connectivity index (χ0v) is 15.6. The monoisotopic (exact) mass is 404 g/mol. The summed E-state index contributed by atoms with van der Waals surface area (Å²) in [6, 6.07) is 6.34. The molecule has 1 heterocycles. The highest BCUT2D eigenvalue weighted by atomic mass is 19.1. The average Bonchev–Trinajstić information content (AvgIpc) is 2.69. The predicted octanol–water partition coefficient (Wildman–Crippen LogP) is 3.00. The minimum atomic E-state index is -1.29. The van der Waals surface area contributed by atoms with E-state index in [4.69, 9.17) is 14.2 Å². The lowest BCUT2D eigenvalue weighted by Gasteiger charge is -2.19. The van der Waals surface area contributed by atoms with Crippen LogP contribution in [0.5, 0.6) is 11.5 Å². The Hall–Kier alpha value is -3.69. The number of carbonyl (C=O) groups excluding carboxylic acids is 2. The van der Waals surface area contributed by atoms with E-state index >= 15 is 0 Å². The maximum atomic E-state index is 13.6. The zero-order chi connectivity index (χ0) is 21.1. The van der Waals surface area contributed by atoms with Gasteiger partial charge in [-0.2, -0.15) is 0 Å². The summed E-state index contributed by atoms with van der Waals surface area (Å²) >= 11 is 0. The summed E-state index contributed by atoms with van der Waals surface area (Å²) in [7, 11) is 0. The number of benzene rings is 2. The van der Waals surface area contributed by atoms with Gasteiger partial charge in [-0.3, -0.25) is 14.9 Å². The molecule has 0 aromatic heterocycles. The molecule has 10 heteroatoms. The van der Waals surface area contributed by atoms with E-state index in [9.17, 15) is 24.1 Å². The molecule has 0 bridgehead atoms. The number of rotatable bonds is 5. The standard InChI is InChI=1S/C19H17FN2O7/c1-10-3-4-12(7-14(10)20)21-18(23)11(2)29-19(24)13-8-16-17(28-6-5-27-16)9-15(13)22(25)26/h3-4,7-9,11H,5-6H2,1-2H3,(H,21,23)/t11-/m0/s1. The van der Waals surface area contributed by atoms with Crippen molar-refractivity contribution >= 4 is 23.3 Å². The van der Waals surface area contributed by atoms with E-state index < -0.39 is 34.4 Å². The van der Waals surface area contributed by atoms with E-state index in [0.29, 0.717) is 5.56 Å². The van der Waals surface area contributed by atoms with E-state index in [2.05, 4.69) is 5.32 Å². The summed E-state index contributed by atoms with van der Waals surface area (Å²) in [5, 5.41) is 13.7. The molecule has 1 N–H and O–H groups in total. The molecule has 0 radical (unpaired) electrons. The molecule has 0 spiro atoms. The lowest BCUT2D eigenvalue weighted by Crippen LogP contribution is -2.30. The van der Waals surface area contributed by atoms with E-state index in [1.165, 1.54) is 19.1 Å². The normalized spacial score (nSPS) is 13.3. The van der Waals surface area contributed by atoms with Gasteiger partial charge in [-0.05, 0) is 31.5 Å². The van der Waals surface area contributed by atoms with Crippen molar-refractivity contribution in [1.82, 2.24) is 0 Å². The molecule has 0 fully saturated rings. The summed E-state index contributed by atoms with van der Waals surface area (Å²) in [5.41, 5.74) is -0.313. The van der Waals surface area contributed by atoms with Gasteiger partial charge < -0.3 is 19.5 Å². The van der Waals surface area contributed by atoms with Crippen molar-refractivity contribution < 1.29 is 33.1 Å². The fraction of sp³-hybridized carbons (Fsp3) is 0.263. The molecule has 1 atom stereocenters. The van der Waals surface area contributed by atoms with Crippen molar-refractivity contribution in [3.63, 3.8) is 0 Å². The van der Waals surface area contributed by atoms with Crippen LogP contribution in [0, 0.1) is 22.9 Å². The summed E-state index contributed by atoms with van der Waals surface area (Å²) in [4.78, 5) is 35.3. The quantitative estimate of drug-likeness (QED) is 0.462. The maximum absolute atomic E-state index is 13.6. The highest BCUT2D eigenvalue weighted by molar-refractivity contribution is 5.99. The molecule has 1 amide bonds. The molecule has 29 heavy (non-hydrogen) atoms. The van der Waals surface area contributed by atoms with Gasteiger partial charge in [-0.15, -0.1) is 0 Å². The zero-order valence-electron chi connectivity index (χ0n) is 15.6. The number of nitro benzene ring substituents is 1. The molecule has 2 aromatic rings. The summed E-state index contributed by atoms with van der Waals surface area (Å²) in [5.74, 6) is -1.99. The Balaban J connectivity index is 1.75. The van der Waals surface area contributed by atoms with Crippen LogP contribution < -0.4 is 14.8 Å². The highest BCUT2D eigenvalue weighted by Crippen LogP contribution is 2.37. The van der Waals surface area contributed by atoms with Gasteiger partial charge in [0, 0.05) is 11.8 Å². The first kappa shape index (κ1) is 20.1. The number of carbonyl (C=O) groups is 2. The van der Waals surface area contributed by atoms with Gasteiger partial charge in [0.2, 0.25) is 0 Å². The molecule has 2 aromatic carbocycles. The van der Waals surface area contributed by atoms with Crippen molar-refractivity contribution in [2.24, 2.45) is 0 Å². The molecule has 1 aliphatic rings. The summed E-state index contributed by atoms with van der Waals surface area (Å²) < 4.78 is 29.3. The fourth-order valence-electron chi connectivity index (χ4n) is 2.58. The lowest BCUT2D eigenvalue weighted by molar-refractivity contribution is -0.385. The van der Waals surface area contributed by atoms with Crippen LogP contribution in [-0.2, 0) is 9.53 Å². The molecular formula is C19H17FN2O7. The highest BCUT2D eigenvalue weighted by Gasteiger charge is 2.29. The molecule has 9 nitrogen and oxygen atoms in total. The average molecular weight is 404 g/mol. The number of nitro groups is 1. The largest absolute Gasteiger partial charge is 0.486 e. The molecular weight excluding hydrogens is 387 g/mol. The third-order valence-electron chi connectivity index (χ3n) is 4.17. The number of anilines is 1. The smallest absolute Gasteiger partial charge is 0.346 e. The lowest BCUT2D eigenvalue weighted by atomic mass is 10.1. The Morgan fingerprint density at radius 3 is 2.48 bits per heavy atom. The first-order chi connectivity index (χ1) is 13.8. The number of halogens is 1. The Morgan fingerprint density at radius 2 is 1.86 bits per heavy atom. The third-order valence-corrected chi connectivity index (χ3v) is 4.17. The number of nitrogens with zero attached hydrogens (tertiary/aromatic N) is 1. The number of aryl methyl sites for hydroxylation is 1. The first-order valence-corrected chi connectivity index (χ1v) is 8.62. The summed E-state index contributed by atoms with van der Waals surface area (Å²) in [6.45, 7) is 3.32. The van der Waals surface area contributed by atoms with Gasteiger partial charge >= 0.3 is 5.97 Å². The van der Waals surface area contributed by atoms with Crippen molar-refractivity contribution in [2.75, 3.05) is 18.5 Å². The third kappa shape index (κ3) is 4.42. The molecule has 1 aliphatic heterocycles. The van der Waals surface area contributed by atoms with Gasteiger partial charge in [0.25, 0.3) is 11.6 Å². The molecule has 152 valence electrons. The minimum absolute atomic E-state index is 0.145. The Bertz CT molecular complexity index is 993. The molecule has 0 saturated carbocycles. The van der Waals surface area contributed by atoms with Crippen molar-refractivity contribution in [2.45, 2.75) is 20.0 Å². The van der Waals surface area contributed by atoms with Gasteiger partial charge in [0.1, 0.15) is 24.6 Å². The van der Waals surface area contributed by atoms with Crippen LogP contribution in [0.1, 0.15) is 22.8 Å². The number of ether oxygens (including phenoxy) is 3. The summed E-state index contributed by atoms with van der Waals surface area (Å²) in [6.07, 6.45) is -1.29. The molecule has 3 rings (SSSR count). The molecule has 0 saturated heterocycles. The molecule has 0 unspecified atom stereocenters. The van der Waals surface area contributed by atoms with E-state index in [1.54, 1.807) is 6.92 Å². The van der Waals surface area contributed by atoms with E-state index in [0.717, 1.165) is 18.2 Å². The fourth-order valence-corrected chi connectivity index (χ4v) is 2.58. The van der Waals surface area contributed by atoms with E-state index in [-0.39, 0.29) is 36.0 Å². The number of fused-ring (bicyclic) bond motifs is 1. The van der Waals surface area contributed by atoms with Gasteiger partial charge in [-0.25, -0.2) is 9.18 Å². The van der Waals surface area contributed by atoms with Crippen LogP contribution in [0.25, 0.3) is 0 Å². The number of amides is 1. The Kier molecular flexibility index (Phi) is 5.62. The minimum Gasteiger partial charge on any atom is -0.486 e. The second-order valence-corrected chi connectivity index (χ2v) is 6.27. The van der Waals surface area contributed by atoms with Crippen molar-refractivity contribution in [3.05, 3.63) is 57.4 Å². The van der Waals surface area contributed by atoms with Crippen molar-refractivity contribution in [1.29, 1.82) is 0 Å². The van der Waals surface area contributed by atoms with Crippen LogP contribution in [0.15, 0.2) is 30.3 Å². The van der Waals surface area contributed by atoms with Crippen LogP contribution >= 0.6 is 0 Å². The molecule has 0 aliphatic carbocycles. The van der Waals surface area contributed by atoms with Crippen LogP contribution in [-0.4, -0.2) is 36.1 Å². The van der Waals surface area contributed by atoms with Crippen LogP contribution in [0.3, 0.4) is 0 Å². The number of hydrogen-bond acceptors (Lipinski definition) is 7. The predicted molar refractivity (Wildman–Crippen MR) is 98.7 cm³/mol.